The lowest BCUT2D eigenvalue weighted by atomic mass is 9.87. The van der Waals surface area contributed by atoms with Gasteiger partial charge >= 0.3 is 0 Å². The quantitative estimate of drug-likeness (QED) is 0.844. The summed E-state index contributed by atoms with van der Waals surface area (Å²) in [6.45, 7) is 2.87. The fraction of sp³-hybridized carbons (Fsp3) is 0.444. The molecule has 2 aliphatic rings. The molecule has 1 unspecified atom stereocenters. The van der Waals surface area contributed by atoms with Crippen LogP contribution in [-0.2, 0) is 12.8 Å². The first-order chi connectivity index (χ1) is 11.5. The van der Waals surface area contributed by atoms with E-state index >= 15 is 0 Å². The van der Waals surface area contributed by atoms with E-state index in [-0.39, 0.29) is 17.6 Å². The Kier molecular flexibility index (Phi) is 3.55. The van der Waals surface area contributed by atoms with Gasteiger partial charge in [-0.1, -0.05) is 6.92 Å². The molecular weight excluding hydrogens is 307 g/mol. The minimum Gasteiger partial charge on any atom is -0.385 e. The summed E-state index contributed by atoms with van der Waals surface area (Å²) in [6.07, 6.45) is 3.34. The molecule has 2 aromatic rings. The van der Waals surface area contributed by atoms with E-state index in [9.17, 15) is 9.18 Å². The van der Waals surface area contributed by atoms with E-state index in [4.69, 9.17) is 5.73 Å². The lowest BCUT2D eigenvalue weighted by Gasteiger charge is -2.26. The molecule has 126 valence electrons. The van der Waals surface area contributed by atoms with Crippen LogP contribution in [0.4, 0.5) is 15.9 Å². The van der Waals surface area contributed by atoms with Crippen LogP contribution in [0, 0.1) is 11.7 Å². The van der Waals surface area contributed by atoms with Gasteiger partial charge in [0.25, 0.3) is 5.91 Å². The second kappa shape index (κ2) is 5.61. The summed E-state index contributed by atoms with van der Waals surface area (Å²) in [4.78, 5) is 13.1. The van der Waals surface area contributed by atoms with Crippen LogP contribution in [0.15, 0.2) is 18.2 Å². The first-order valence-corrected chi connectivity index (χ1v) is 8.48. The first-order valence-electron chi connectivity index (χ1n) is 8.48. The van der Waals surface area contributed by atoms with E-state index in [2.05, 4.69) is 17.3 Å². The summed E-state index contributed by atoms with van der Waals surface area (Å²) >= 11 is 0. The van der Waals surface area contributed by atoms with Crippen LogP contribution in [-0.4, -0.2) is 22.2 Å². The molecule has 0 fully saturated rings. The Morgan fingerprint density at radius 3 is 3.08 bits per heavy atom. The van der Waals surface area contributed by atoms with E-state index in [1.165, 1.54) is 16.8 Å². The first kappa shape index (κ1) is 15.2. The van der Waals surface area contributed by atoms with Gasteiger partial charge in [-0.25, -0.2) is 9.07 Å². The van der Waals surface area contributed by atoms with Crippen LogP contribution in [0.1, 0.15) is 47.3 Å². The average Bonchev–Trinajstić information content (AvgIpc) is 2.90. The van der Waals surface area contributed by atoms with Gasteiger partial charge < -0.3 is 11.1 Å². The summed E-state index contributed by atoms with van der Waals surface area (Å²) in [6, 6.07) is 4.55. The van der Waals surface area contributed by atoms with Crippen molar-refractivity contribution in [2.45, 2.75) is 38.5 Å². The van der Waals surface area contributed by atoms with Crippen LogP contribution in [0.2, 0.25) is 0 Å². The standard InChI is InChI=1S/C18H21FN4O/c1-10-2-5-16-14(8-10)17(20)22-23(16)18(24)12-6-7-21-15-4-3-11(19)9-13(12)15/h3-4,9-10,12,21H,2,5-8H2,1H3,(H2,20,22)/t10?,12-/m1/s1. The van der Waals surface area contributed by atoms with Crippen LogP contribution in [0.5, 0.6) is 0 Å². The minimum atomic E-state index is -0.389. The van der Waals surface area contributed by atoms with Crippen molar-refractivity contribution in [3.8, 4) is 0 Å². The molecule has 0 bridgehead atoms. The van der Waals surface area contributed by atoms with Crippen LogP contribution in [0.25, 0.3) is 0 Å². The maximum Gasteiger partial charge on any atom is 0.254 e. The van der Waals surface area contributed by atoms with Crippen LogP contribution in [0.3, 0.4) is 0 Å². The highest BCUT2D eigenvalue weighted by atomic mass is 19.1. The second-order valence-corrected chi connectivity index (χ2v) is 6.91. The fourth-order valence-electron chi connectivity index (χ4n) is 3.89. The molecular formula is C18H21FN4O. The van der Waals surface area contributed by atoms with E-state index < -0.39 is 0 Å². The van der Waals surface area contributed by atoms with E-state index in [0.29, 0.717) is 30.3 Å². The Balaban J connectivity index is 1.74. The highest BCUT2D eigenvalue weighted by Gasteiger charge is 2.32. The average molecular weight is 328 g/mol. The number of hydrogen-bond donors (Lipinski definition) is 2. The maximum absolute atomic E-state index is 13.7. The molecule has 1 aromatic carbocycles. The van der Waals surface area contributed by atoms with Crippen molar-refractivity contribution in [2.75, 3.05) is 17.6 Å². The summed E-state index contributed by atoms with van der Waals surface area (Å²) in [7, 11) is 0. The van der Waals surface area contributed by atoms with Gasteiger partial charge in [0.05, 0.1) is 11.6 Å². The Labute approximate surface area is 140 Å². The van der Waals surface area contributed by atoms with Crippen molar-refractivity contribution >= 4 is 17.4 Å². The number of benzene rings is 1. The SMILES string of the molecule is CC1CCc2c(c(N)nn2C(=O)[C@@H]2CCNc3ccc(F)cc32)C1. The molecule has 4 rings (SSSR count). The van der Waals surface area contributed by atoms with Crippen LogP contribution < -0.4 is 11.1 Å². The normalized spacial score (nSPS) is 22.4. The number of nitrogens with zero attached hydrogens (tertiary/aromatic N) is 2. The zero-order chi connectivity index (χ0) is 16.8. The minimum absolute atomic E-state index is 0.106. The van der Waals surface area contributed by atoms with Crippen molar-refractivity contribution < 1.29 is 9.18 Å². The highest BCUT2D eigenvalue weighted by molar-refractivity contribution is 5.89. The predicted octanol–water partition coefficient (Wildman–Crippen LogP) is 2.97. The van der Waals surface area contributed by atoms with Crippen molar-refractivity contribution in [3.63, 3.8) is 0 Å². The second-order valence-electron chi connectivity index (χ2n) is 6.91. The molecule has 5 nitrogen and oxygen atoms in total. The number of nitrogens with two attached hydrogens (primary N) is 1. The molecule has 0 radical (unpaired) electrons. The summed E-state index contributed by atoms with van der Waals surface area (Å²) in [5.74, 6) is 0.191. The monoisotopic (exact) mass is 328 g/mol. The Morgan fingerprint density at radius 1 is 1.42 bits per heavy atom. The van der Waals surface area contributed by atoms with Gasteiger partial charge in [0.1, 0.15) is 11.6 Å². The zero-order valence-corrected chi connectivity index (χ0v) is 13.7. The van der Waals surface area contributed by atoms with E-state index in [1.54, 1.807) is 6.07 Å². The van der Waals surface area contributed by atoms with Gasteiger partial charge in [0.15, 0.2) is 0 Å². The van der Waals surface area contributed by atoms with Gasteiger partial charge in [0, 0.05) is 17.8 Å². The zero-order valence-electron chi connectivity index (χ0n) is 13.7. The molecule has 1 aromatic heterocycles. The smallest absolute Gasteiger partial charge is 0.254 e. The number of carbonyl (C=O) groups excluding carboxylic acids is 1. The molecule has 6 heteroatoms. The summed E-state index contributed by atoms with van der Waals surface area (Å²) < 4.78 is 15.2. The van der Waals surface area contributed by atoms with Gasteiger partial charge in [-0.05, 0) is 55.4 Å². The predicted molar refractivity (Wildman–Crippen MR) is 90.7 cm³/mol. The van der Waals surface area contributed by atoms with Crippen molar-refractivity contribution in [1.82, 2.24) is 9.78 Å². The number of hydrogen-bond acceptors (Lipinski definition) is 4. The fourth-order valence-corrected chi connectivity index (χ4v) is 3.89. The number of carbonyl (C=O) groups is 1. The topological polar surface area (TPSA) is 72.9 Å². The molecule has 0 saturated heterocycles. The number of aromatic nitrogens is 2. The molecule has 0 spiro atoms. The number of nitrogens with one attached hydrogen (secondary N) is 1. The number of halogens is 1. The summed E-state index contributed by atoms with van der Waals surface area (Å²) in [5.41, 5.74) is 9.53. The van der Waals surface area contributed by atoms with Gasteiger partial charge in [-0.15, -0.1) is 5.10 Å². The van der Waals surface area contributed by atoms with Crippen molar-refractivity contribution in [1.29, 1.82) is 0 Å². The van der Waals surface area contributed by atoms with Crippen molar-refractivity contribution in [2.24, 2.45) is 5.92 Å². The lowest BCUT2D eigenvalue weighted by molar-refractivity contribution is 0.0852. The molecule has 2 atom stereocenters. The molecule has 0 amide bonds. The van der Waals surface area contributed by atoms with Gasteiger partial charge in [0.2, 0.25) is 0 Å². The number of nitrogen functional groups attached to an aromatic ring is 1. The Bertz CT molecular complexity index is 814. The number of anilines is 2. The molecule has 0 saturated carbocycles. The third-order valence-corrected chi connectivity index (χ3v) is 5.19. The van der Waals surface area contributed by atoms with Gasteiger partial charge in [-0.3, -0.25) is 4.79 Å². The van der Waals surface area contributed by atoms with Crippen LogP contribution >= 0.6 is 0 Å². The molecule has 3 N–H and O–H groups in total. The molecule has 1 aliphatic carbocycles. The largest absolute Gasteiger partial charge is 0.385 e. The third kappa shape index (κ3) is 2.37. The number of fused-ring (bicyclic) bond motifs is 2. The Hall–Kier alpha value is -2.37. The highest BCUT2D eigenvalue weighted by Crippen LogP contribution is 2.35. The summed E-state index contributed by atoms with van der Waals surface area (Å²) in [5, 5.41) is 7.55. The lowest BCUT2D eigenvalue weighted by Crippen LogP contribution is -2.29. The number of rotatable bonds is 1. The third-order valence-electron chi connectivity index (χ3n) is 5.19. The maximum atomic E-state index is 13.7. The van der Waals surface area contributed by atoms with Gasteiger partial charge in [-0.2, -0.15) is 0 Å². The molecule has 1 aliphatic heterocycles. The van der Waals surface area contributed by atoms with E-state index in [0.717, 1.165) is 36.2 Å². The van der Waals surface area contributed by atoms with Crippen molar-refractivity contribution in [3.05, 3.63) is 40.8 Å². The molecule has 2 heterocycles. The molecule has 24 heavy (non-hydrogen) atoms. The Morgan fingerprint density at radius 2 is 2.25 bits per heavy atom. The van der Waals surface area contributed by atoms with E-state index in [1.807, 2.05) is 0 Å².